The van der Waals surface area contributed by atoms with Crippen molar-refractivity contribution >= 4 is 23.0 Å². The fourth-order valence-corrected chi connectivity index (χ4v) is 7.99. The van der Waals surface area contributed by atoms with Crippen LogP contribution in [0.25, 0.3) is 16.6 Å². The number of aromatic nitrogens is 3. The number of rotatable bonds is 8. The molecule has 0 spiro atoms. The second kappa shape index (κ2) is 11.4. The summed E-state index contributed by atoms with van der Waals surface area (Å²) in [5.74, 6) is 2.71. The Kier molecular flexibility index (Phi) is 7.10. The summed E-state index contributed by atoms with van der Waals surface area (Å²) in [6.45, 7) is 2.68. The number of benzene rings is 1. The first kappa shape index (κ1) is 28.5. The lowest BCUT2D eigenvalue weighted by Gasteiger charge is -2.35. The molecular formula is C35H35N7O4. The first-order valence-electron chi connectivity index (χ1n) is 16.0. The van der Waals surface area contributed by atoms with Gasteiger partial charge in [-0.2, -0.15) is 10.4 Å². The number of hydrogen-bond donors (Lipinski definition) is 0. The number of carbonyl (C=O) groups excluding carboxylic acids is 2. The van der Waals surface area contributed by atoms with Gasteiger partial charge in [0.05, 0.1) is 42.7 Å². The molecule has 11 heteroatoms. The summed E-state index contributed by atoms with van der Waals surface area (Å²) in [4.78, 5) is 36.8. The highest BCUT2D eigenvalue weighted by molar-refractivity contribution is 5.95. The average Bonchev–Trinajstić information content (AvgIpc) is 3.86. The van der Waals surface area contributed by atoms with Gasteiger partial charge in [0.2, 0.25) is 0 Å². The highest BCUT2D eigenvalue weighted by atomic mass is 16.5. The van der Waals surface area contributed by atoms with Gasteiger partial charge in [0.25, 0.3) is 5.91 Å². The van der Waals surface area contributed by atoms with Gasteiger partial charge in [-0.25, -0.2) is 9.50 Å². The van der Waals surface area contributed by atoms with Crippen LogP contribution in [0, 0.1) is 11.3 Å². The predicted octanol–water partition coefficient (Wildman–Crippen LogP) is 3.95. The van der Waals surface area contributed by atoms with E-state index >= 15 is 0 Å². The number of amides is 1. The zero-order valence-electron chi connectivity index (χ0n) is 25.7. The minimum atomic E-state index is 0.0525. The van der Waals surface area contributed by atoms with Crippen LogP contribution in [0.3, 0.4) is 0 Å². The van der Waals surface area contributed by atoms with E-state index < -0.39 is 0 Å². The van der Waals surface area contributed by atoms with Crippen LogP contribution in [0.4, 0.5) is 5.82 Å². The van der Waals surface area contributed by atoms with Crippen molar-refractivity contribution in [1.82, 2.24) is 24.4 Å². The molecule has 3 aromatic heterocycles. The summed E-state index contributed by atoms with van der Waals surface area (Å²) in [7, 11) is 1.62. The number of methoxy groups -OCH3 is 1. The van der Waals surface area contributed by atoms with Gasteiger partial charge in [-0.15, -0.1) is 0 Å². The third kappa shape index (κ3) is 4.93. The van der Waals surface area contributed by atoms with Gasteiger partial charge in [0.15, 0.2) is 0 Å². The Balaban J connectivity index is 0.975. The maximum absolute atomic E-state index is 13.2. The van der Waals surface area contributed by atoms with Crippen molar-refractivity contribution in [2.45, 2.75) is 56.3 Å². The maximum atomic E-state index is 13.2. The number of piperazine rings is 1. The Hall–Kier alpha value is -4.95. The minimum absolute atomic E-state index is 0.0525. The molecule has 8 rings (SSSR count). The van der Waals surface area contributed by atoms with Crippen LogP contribution in [0.15, 0.2) is 61.1 Å². The topological polar surface area (TPSA) is 116 Å². The summed E-state index contributed by atoms with van der Waals surface area (Å²) >= 11 is 0. The molecule has 0 N–H and O–H groups in total. The molecule has 4 aromatic rings. The maximum Gasteiger partial charge on any atom is 0.254 e. The quantitative estimate of drug-likeness (QED) is 0.290. The molecule has 4 bridgehead atoms. The Morgan fingerprint density at radius 2 is 1.80 bits per heavy atom. The number of nitriles is 1. The fourth-order valence-electron chi connectivity index (χ4n) is 7.99. The molecule has 1 aromatic carbocycles. The second-order valence-corrected chi connectivity index (χ2v) is 12.8. The molecule has 234 valence electrons. The zero-order valence-corrected chi connectivity index (χ0v) is 25.7. The molecule has 7 heterocycles. The van der Waals surface area contributed by atoms with Crippen molar-refractivity contribution in [3.63, 3.8) is 0 Å². The number of hydrogen-bond acceptors (Lipinski definition) is 9. The van der Waals surface area contributed by atoms with Crippen LogP contribution < -0.4 is 14.4 Å². The van der Waals surface area contributed by atoms with Crippen molar-refractivity contribution < 1.29 is 19.1 Å². The van der Waals surface area contributed by atoms with Crippen LogP contribution in [0.1, 0.15) is 48.0 Å². The first-order valence-corrected chi connectivity index (χ1v) is 16.0. The van der Waals surface area contributed by atoms with Gasteiger partial charge in [0, 0.05) is 67.4 Å². The van der Waals surface area contributed by atoms with Gasteiger partial charge < -0.3 is 19.3 Å². The van der Waals surface area contributed by atoms with Gasteiger partial charge in [-0.3, -0.25) is 14.5 Å². The van der Waals surface area contributed by atoms with Crippen LogP contribution in [-0.2, 0) is 4.79 Å². The van der Waals surface area contributed by atoms with Gasteiger partial charge in [0.1, 0.15) is 35.8 Å². The molecule has 4 saturated heterocycles. The van der Waals surface area contributed by atoms with Crippen LogP contribution in [0.5, 0.6) is 11.5 Å². The van der Waals surface area contributed by atoms with Crippen molar-refractivity contribution in [1.29, 1.82) is 5.26 Å². The van der Waals surface area contributed by atoms with Gasteiger partial charge in [-0.1, -0.05) is 0 Å². The van der Waals surface area contributed by atoms with Gasteiger partial charge >= 0.3 is 0 Å². The number of ketones is 1. The molecule has 4 aliphatic heterocycles. The third-order valence-electron chi connectivity index (χ3n) is 10.2. The van der Waals surface area contributed by atoms with Crippen LogP contribution in [-0.4, -0.2) is 93.6 Å². The monoisotopic (exact) mass is 617 g/mol. The molecule has 4 atom stereocenters. The van der Waals surface area contributed by atoms with E-state index in [1.165, 1.54) is 0 Å². The largest absolute Gasteiger partial charge is 0.497 e. The number of piperidine rings is 1. The lowest BCUT2D eigenvalue weighted by molar-refractivity contribution is -0.123. The van der Waals surface area contributed by atoms with E-state index in [0.29, 0.717) is 66.3 Å². The van der Waals surface area contributed by atoms with Crippen molar-refractivity contribution in [3.8, 4) is 28.7 Å². The number of pyridine rings is 2. The Morgan fingerprint density at radius 1 is 1.00 bits per heavy atom. The number of fused-ring (bicyclic) bond motifs is 5. The standard InChI is InChI=1S/C35H35N7O4/c1-45-30-7-2-22(3-8-30)35(44)41-20-27-12-28(41)19-40(27)33-9-4-23(17-37-33)32-15-31(21-42-34(32)24(16-36)18-38-42)46-11-10-39-25-5-6-26(39)14-29(43)13-25/h2-4,7-9,15,17-18,21,25-28H,5-6,10-14,19-20H2,1H3. The summed E-state index contributed by atoms with van der Waals surface area (Å²) in [5, 5.41) is 14.2. The number of nitrogens with zero attached hydrogens (tertiary/aromatic N) is 7. The SMILES string of the molecule is COc1ccc(C(=O)N2CC3CC2CN3c2ccc(-c3cc(OCCN4C5CCC4CC(=O)C5)cn4ncc(C#N)c34)cn2)cc1. The highest BCUT2D eigenvalue weighted by Crippen LogP contribution is 2.37. The number of Topliss-reactive ketones (excluding diaryl/α,β-unsaturated/α-hetero) is 1. The molecule has 0 radical (unpaired) electrons. The molecule has 4 aliphatic rings. The van der Waals surface area contributed by atoms with E-state index in [1.54, 1.807) is 17.8 Å². The van der Waals surface area contributed by atoms with Crippen LogP contribution in [0.2, 0.25) is 0 Å². The highest BCUT2D eigenvalue weighted by Gasteiger charge is 2.46. The van der Waals surface area contributed by atoms with E-state index in [9.17, 15) is 14.9 Å². The summed E-state index contributed by atoms with van der Waals surface area (Å²) in [5.41, 5.74) is 3.56. The molecule has 4 unspecified atom stereocenters. The number of carbonyl (C=O) groups is 2. The van der Waals surface area contributed by atoms with E-state index in [2.05, 4.69) is 21.0 Å². The second-order valence-electron chi connectivity index (χ2n) is 12.8. The lowest BCUT2D eigenvalue weighted by Crippen LogP contribution is -2.49. The van der Waals surface area contributed by atoms with E-state index in [0.717, 1.165) is 55.0 Å². The van der Waals surface area contributed by atoms with E-state index in [4.69, 9.17) is 14.5 Å². The van der Waals surface area contributed by atoms with Crippen molar-refractivity contribution in [3.05, 3.63) is 72.2 Å². The average molecular weight is 618 g/mol. The molecular weight excluding hydrogens is 582 g/mol. The molecule has 0 saturated carbocycles. The molecule has 11 nitrogen and oxygen atoms in total. The minimum Gasteiger partial charge on any atom is -0.497 e. The summed E-state index contributed by atoms with van der Waals surface area (Å²) < 4.78 is 13.2. The number of ether oxygens (including phenoxy) is 2. The number of likely N-dealkylation sites (tertiary alicyclic amines) is 1. The van der Waals surface area contributed by atoms with E-state index in [1.807, 2.05) is 59.8 Å². The van der Waals surface area contributed by atoms with E-state index in [-0.39, 0.29) is 18.0 Å². The predicted molar refractivity (Wildman–Crippen MR) is 170 cm³/mol. The van der Waals surface area contributed by atoms with Gasteiger partial charge in [-0.05, 0) is 61.7 Å². The first-order chi connectivity index (χ1) is 22.5. The smallest absolute Gasteiger partial charge is 0.254 e. The van der Waals surface area contributed by atoms with Crippen LogP contribution >= 0.6 is 0 Å². The Bertz CT molecular complexity index is 1830. The third-order valence-corrected chi connectivity index (χ3v) is 10.2. The van der Waals surface area contributed by atoms with Crippen molar-refractivity contribution in [2.75, 3.05) is 38.3 Å². The summed E-state index contributed by atoms with van der Waals surface area (Å²) in [6.07, 6.45) is 9.62. The molecule has 4 fully saturated rings. The lowest BCUT2D eigenvalue weighted by atomic mass is 10.0. The zero-order chi connectivity index (χ0) is 31.4. The van der Waals surface area contributed by atoms with Crippen molar-refractivity contribution in [2.24, 2.45) is 0 Å². The fraction of sp³-hybridized carbons (Fsp3) is 0.400. The number of anilines is 1. The summed E-state index contributed by atoms with van der Waals surface area (Å²) in [6, 6.07) is 16.6. The Morgan fingerprint density at radius 3 is 2.48 bits per heavy atom. The Labute approximate surface area is 266 Å². The molecule has 0 aliphatic carbocycles. The normalized spacial score (nSPS) is 23.7. The molecule has 1 amide bonds. The molecule has 46 heavy (non-hydrogen) atoms.